The quantitative estimate of drug-likeness (QED) is 0.812. The molecule has 2 aliphatic heterocycles. The zero-order chi connectivity index (χ0) is 20.2. The van der Waals surface area contributed by atoms with Crippen molar-refractivity contribution in [1.82, 2.24) is 9.80 Å². The third-order valence-corrected chi connectivity index (χ3v) is 5.72. The fourth-order valence-electron chi connectivity index (χ4n) is 3.69. The van der Waals surface area contributed by atoms with Crippen molar-refractivity contribution in [3.05, 3.63) is 53.1 Å². The first-order chi connectivity index (χ1) is 14.1. The second-order valence-corrected chi connectivity index (χ2v) is 7.90. The van der Waals surface area contributed by atoms with Gasteiger partial charge in [-0.2, -0.15) is 0 Å². The topological polar surface area (TPSA) is 54.0 Å². The second-order valence-electron chi connectivity index (χ2n) is 7.46. The highest BCUT2D eigenvalue weighted by atomic mass is 35.5. The summed E-state index contributed by atoms with van der Waals surface area (Å²) in [6.07, 6.45) is 0. The lowest BCUT2D eigenvalue weighted by molar-refractivity contribution is -0.121. The van der Waals surface area contributed by atoms with Gasteiger partial charge in [-0.1, -0.05) is 23.7 Å². The van der Waals surface area contributed by atoms with E-state index in [1.165, 1.54) is 5.56 Å². The van der Waals surface area contributed by atoms with E-state index in [0.29, 0.717) is 19.0 Å². The third-order valence-electron chi connectivity index (χ3n) is 5.46. The number of fused-ring (bicyclic) bond motifs is 1. The van der Waals surface area contributed by atoms with Gasteiger partial charge in [0, 0.05) is 49.5 Å². The number of carbonyl (C=O) groups is 1. The molecule has 1 amide bonds. The Morgan fingerprint density at radius 2 is 1.72 bits per heavy atom. The van der Waals surface area contributed by atoms with Crippen molar-refractivity contribution >= 4 is 23.2 Å². The molecule has 1 saturated heterocycles. The molecule has 0 aliphatic carbocycles. The SMILES string of the molecule is CC(C(=O)Nc1ccc2c(c1)OCCO2)N1CCN(Cc2ccc(Cl)cc2)CC1. The Morgan fingerprint density at radius 1 is 1.03 bits per heavy atom. The van der Waals surface area contributed by atoms with E-state index < -0.39 is 0 Å². The van der Waals surface area contributed by atoms with Gasteiger partial charge >= 0.3 is 0 Å². The van der Waals surface area contributed by atoms with Crippen molar-refractivity contribution in [3.8, 4) is 11.5 Å². The number of nitrogens with one attached hydrogen (secondary N) is 1. The number of ether oxygens (including phenoxy) is 2. The predicted octanol–water partition coefficient (Wildman–Crippen LogP) is 3.26. The van der Waals surface area contributed by atoms with Crippen LogP contribution in [-0.2, 0) is 11.3 Å². The van der Waals surface area contributed by atoms with Crippen molar-refractivity contribution < 1.29 is 14.3 Å². The Bertz CT molecular complexity index is 851. The van der Waals surface area contributed by atoms with Gasteiger partial charge in [-0.25, -0.2) is 0 Å². The molecule has 6 nitrogen and oxygen atoms in total. The number of benzene rings is 2. The summed E-state index contributed by atoms with van der Waals surface area (Å²) in [5.41, 5.74) is 1.99. The van der Waals surface area contributed by atoms with Crippen LogP contribution in [0.25, 0.3) is 0 Å². The molecule has 2 heterocycles. The maximum absolute atomic E-state index is 12.7. The van der Waals surface area contributed by atoms with E-state index in [4.69, 9.17) is 21.1 Å². The van der Waals surface area contributed by atoms with Crippen molar-refractivity contribution in [2.24, 2.45) is 0 Å². The van der Waals surface area contributed by atoms with E-state index in [2.05, 4.69) is 27.2 Å². The molecular weight excluding hydrogens is 390 g/mol. The number of nitrogens with zero attached hydrogens (tertiary/aromatic N) is 2. The average molecular weight is 416 g/mol. The van der Waals surface area contributed by atoms with Gasteiger partial charge < -0.3 is 14.8 Å². The predicted molar refractivity (Wildman–Crippen MR) is 114 cm³/mol. The van der Waals surface area contributed by atoms with Crippen LogP contribution in [0.4, 0.5) is 5.69 Å². The molecule has 0 radical (unpaired) electrons. The van der Waals surface area contributed by atoms with E-state index in [9.17, 15) is 4.79 Å². The lowest BCUT2D eigenvalue weighted by Gasteiger charge is -2.37. The van der Waals surface area contributed by atoms with E-state index in [1.54, 1.807) is 0 Å². The van der Waals surface area contributed by atoms with Gasteiger partial charge in [-0.15, -0.1) is 0 Å². The molecule has 154 valence electrons. The highest BCUT2D eigenvalue weighted by molar-refractivity contribution is 6.30. The molecule has 2 aliphatic rings. The standard InChI is InChI=1S/C22H26ClN3O3/c1-16(22(27)24-19-6-7-20-21(14-19)29-13-12-28-20)26-10-8-25(9-11-26)15-17-2-4-18(23)5-3-17/h2-7,14,16H,8-13,15H2,1H3,(H,24,27). The van der Waals surface area contributed by atoms with Crippen molar-refractivity contribution in [2.45, 2.75) is 19.5 Å². The Balaban J connectivity index is 1.28. The first kappa shape index (κ1) is 20.0. The van der Waals surface area contributed by atoms with E-state index in [0.717, 1.165) is 49.2 Å². The number of halogens is 1. The Morgan fingerprint density at radius 3 is 2.45 bits per heavy atom. The largest absolute Gasteiger partial charge is 0.486 e. The van der Waals surface area contributed by atoms with Crippen LogP contribution in [0.15, 0.2) is 42.5 Å². The Hall–Kier alpha value is -2.28. The number of hydrogen-bond donors (Lipinski definition) is 1. The molecule has 1 unspecified atom stereocenters. The van der Waals surface area contributed by atoms with Gasteiger partial charge in [0.1, 0.15) is 13.2 Å². The third kappa shape index (κ3) is 5.01. The van der Waals surface area contributed by atoms with Crippen molar-refractivity contribution in [1.29, 1.82) is 0 Å². The van der Waals surface area contributed by atoms with Gasteiger partial charge in [0.05, 0.1) is 6.04 Å². The summed E-state index contributed by atoms with van der Waals surface area (Å²) in [5.74, 6) is 1.39. The lowest BCUT2D eigenvalue weighted by atomic mass is 10.1. The summed E-state index contributed by atoms with van der Waals surface area (Å²) in [6.45, 7) is 7.55. The van der Waals surface area contributed by atoms with Gasteiger partial charge in [-0.05, 0) is 36.8 Å². The highest BCUT2D eigenvalue weighted by Crippen LogP contribution is 2.32. The minimum Gasteiger partial charge on any atom is -0.486 e. The molecule has 1 atom stereocenters. The van der Waals surface area contributed by atoms with Crippen molar-refractivity contribution in [3.63, 3.8) is 0 Å². The molecule has 2 aromatic carbocycles. The van der Waals surface area contributed by atoms with Gasteiger partial charge in [0.2, 0.25) is 5.91 Å². The fourth-order valence-corrected chi connectivity index (χ4v) is 3.82. The number of anilines is 1. The molecule has 2 aromatic rings. The number of amides is 1. The lowest BCUT2D eigenvalue weighted by Crippen LogP contribution is -2.52. The van der Waals surface area contributed by atoms with Gasteiger partial charge in [-0.3, -0.25) is 14.6 Å². The van der Waals surface area contributed by atoms with E-state index in [1.807, 2.05) is 37.3 Å². The molecule has 29 heavy (non-hydrogen) atoms. The van der Waals surface area contributed by atoms with Crippen LogP contribution in [0.5, 0.6) is 11.5 Å². The summed E-state index contributed by atoms with van der Waals surface area (Å²) in [5, 5.41) is 3.76. The average Bonchev–Trinajstić information content (AvgIpc) is 2.75. The summed E-state index contributed by atoms with van der Waals surface area (Å²) < 4.78 is 11.1. The molecular formula is C22H26ClN3O3. The van der Waals surface area contributed by atoms with Crippen LogP contribution >= 0.6 is 11.6 Å². The molecule has 0 saturated carbocycles. The fraction of sp³-hybridized carbons (Fsp3) is 0.409. The molecule has 0 bridgehead atoms. The summed E-state index contributed by atoms with van der Waals surface area (Å²) in [6, 6.07) is 13.3. The maximum atomic E-state index is 12.7. The Labute approximate surface area is 176 Å². The minimum absolute atomic E-state index is 0.00664. The maximum Gasteiger partial charge on any atom is 0.241 e. The summed E-state index contributed by atoms with van der Waals surface area (Å²) in [7, 11) is 0. The molecule has 7 heteroatoms. The molecule has 0 spiro atoms. The zero-order valence-electron chi connectivity index (χ0n) is 16.6. The van der Waals surface area contributed by atoms with Crippen LogP contribution in [0, 0.1) is 0 Å². The van der Waals surface area contributed by atoms with Crippen LogP contribution in [0.1, 0.15) is 12.5 Å². The molecule has 1 fully saturated rings. The van der Waals surface area contributed by atoms with E-state index >= 15 is 0 Å². The van der Waals surface area contributed by atoms with Crippen LogP contribution < -0.4 is 14.8 Å². The zero-order valence-corrected chi connectivity index (χ0v) is 17.3. The number of hydrogen-bond acceptors (Lipinski definition) is 5. The smallest absolute Gasteiger partial charge is 0.241 e. The van der Waals surface area contributed by atoms with Crippen LogP contribution in [0.2, 0.25) is 5.02 Å². The molecule has 0 aromatic heterocycles. The monoisotopic (exact) mass is 415 g/mol. The van der Waals surface area contributed by atoms with Gasteiger partial charge in [0.15, 0.2) is 11.5 Å². The summed E-state index contributed by atoms with van der Waals surface area (Å²) in [4.78, 5) is 17.4. The second kappa shape index (κ2) is 9.03. The highest BCUT2D eigenvalue weighted by Gasteiger charge is 2.26. The number of rotatable bonds is 5. The molecule has 1 N–H and O–H groups in total. The first-order valence-electron chi connectivity index (χ1n) is 10.00. The van der Waals surface area contributed by atoms with E-state index in [-0.39, 0.29) is 11.9 Å². The number of piperazine rings is 1. The van der Waals surface area contributed by atoms with Crippen LogP contribution in [-0.4, -0.2) is 61.1 Å². The number of carbonyl (C=O) groups excluding carboxylic acids is 1. The van der Waals surface area contributed by atoms with Gasteiger partial charge in [0.25, 0.3) is 0 Å². The summed E-state index contributed by atoms with van der Waals surface area (Å²) >= 11 is 5.96. The normalized spacial score (nSPS) is 18.3. The minimum atomic E-state index is -0.194. The first-order valence-corrected chi connectivity index (χ1v) is 10.4. The molecule has 4 rings (SSSR count). The van der Waals surface area contributed by atoms with Crippen LogP contribution in [0.3, 0.4) is 0 Å². The van der Waals surface area contributed by atoms with Crippen molar-refractivity contribution in [2.75, 3.05) is 44.7 Å². The Kier molecular flexibility index (Phi) is 6.23.